The molecule has 0 bridgehead atoms. The highest BCUT2D eigenvalue weighted by Crippen LogP contribution is 2.09. The Bertz CT molecular complexity index is 532. The van der Waals surface area contributed by atoms with Crippen molar-refractivity contribution in [2.24, 2.45) is 4.40 Å². The van der Waals surface area contributed by atoms with E-state index in [1.54, 1.807) is 6.21 Å². The Balaban J connectivity index is 2.12. The lowest BCUT2D eigenvalue weighted by molar-refractivity contribution is 0.684. The molecule has 0 spiro atoms. The van der Waals surface area contributed by atoms with Gasteiger partial charge < -0.3 is 0 Å². The maximum atomic E-state index is 11.8. The first-order chi connectivity index (χ1) is 8.25. The lowest BCUT2D eigenvalue weighted by Crippen LogP contribution is -1.89. The van der Waals surface area contributed by atoms with Crippen LogP contribution in [0.4, 0.5) is 0 Å². The summed E-state index contributed by atoms with van der Waals surface area (Å²) in [7, 11) is -1.32. The Labute approximate surface area is 104 Å². The normalized spacial score (nSPS) is 12.8. The molecular weight excluding hydrogens is 230 g/mol. The quantitative estimate of drug-likeness (QED) is 0.761. The van der Waals surface area contributed by atoms with Crippen LogP contribution in [0.3, 0.4) is 0 Å². The average Bonchev–Trinajstić information content (AvgIpc) is 2.38. The van der Waals surface area contributed by atoms with E-state index in [2.05, 4.69) is 4.40 Å². The number of nitrogens with zero attached hydrogens (tertiary/aromatic N) is 1. The van der Waals surface area contributed by atoms with Crippen LogP contribution in [0.15, 0.2) is 63.9 Å². The van der Waals surface area contributed by atoms with Gasteiger partial charge in [-0.05, 0) is 24.6 Å². The summed E-state index contributed by atoms with van der Waals surface area (Å²) in [6, 6.07) is 17.2. The molecule has 2 aromatic carbocycles. The average molecular weight is 243 g/mol. The predicted molar refractivity (Wildman–Crippen MR) is 71.6 cm³/mol. The molecule has 0 aromatic heterocycles. The fraction of sp³-hybridized carbons (Fsp3) is 0.0714. The molecule has 86 valence electrons. The summed E-state index contributed by atoms with van der Waals surface area (Å²) in [5.74, 6) is 0. The molecule has 0 aliphatic carbocycles. The van der Waals surface area contributed by atoms with Gasteiger partial charge in [0, 0.05) is 6.21 Å². The van der Waals surface area contributed by atoms with Crippen LogP contribution in [-0.4, -0.2) is 10.4 Å². The summed E-state index contributed by atoms with van der Waals surface area (Å²) < 4.78 is 15.9. The highest BCUT2D eigenvalue weighted by atomic mass is 32.2. The van der Waals surface area contributed by atoms with E-state index in [-0.39, 0.29) is 0 Å². The summed E-state index contributed by atoms with van der Waals surface area (Å²) in [4.78, 5) is 0.725. The molecule has 0 unspecified atom stereocenters. The molecule has 17 heavy (non-hydrogen) atoms. The van der Waals surface area contributed by atoms with E-state index >= 15 is 0 Å². The van der Waals surface area contributed by atoms with Gasteiger partial charge in [-0.25, -0.2) is 4.21 Å². The number of rotatable bonds is 3. The molecule has 0 saturated carbocycles. The topological polar surface area (TPSA) is 29.4 Å². The van der Waals surface area contributed by atoms with Crippen LogP contribution in [0.1, 0.15) is 11.1 Å². The fourth-order valence-electron chi connectivity index (χ4n) is 1.36. The van der Waals surface area contributed by atoms with Crippen LogP contribution in [0.5, 0.6) is 0 Å². The molecule has 0 aliphatic rings. The molecule has 0 amide bonds. The van der Waals surface area contributed by atoms with Crippen molar-refractivity contribution in [3.8, 4) is 0 Å². The van der Waals surface area contributed by atoms with E-state index in [1.165, 1.54) is 0 Å². The molecule has 0 heterocycles. The van der Waals surface area contributed by atoms with Gasteiger partial charge in [-0.15, -0.1) is 0 Å². The molecule has 0 radical (unpaired) electrons. The second-order valence-electron chi connectivity index (χ2n) is 3.71. The zero-order valence-corrected chi connectivity index (χ0v) is 10.4. The van der Waals surface area contributed by atoms with Crippen LogP contribution < -0.4 is 0 Å². The number of aryl methyl sites for hydroxylation is 1. The van der Waals surface area contributed by atoms with Gasteiger partial charge in [0.1, 0.15) is 0 Å². The third kappa shape index (κ3) is 3.36. The van der Waals surface area contributed by atoms with Crippen molar-refractivity contribution in [2.75, 3.05) is 0 Å². The van der Waals surface area contributed by atoms with Crippen molar-refractivity contribution in [3.63, 3.8) is 0 Å². The molecule has 1 atom stereocenters. The highest BCUT2D eigenvalue weighted by molar-refractivity contribution is 7.83. The Hall–Kier alpha value is -1.74. The van der Waals surface area contributed by atoms with Crippen molar-refractivity contribution >= 4 is 17.2 Å². The highest BCUT2D eigenvalue weighted by Gasteiger charge is 1.99. The Morgan fingerprint density at radius 1 is 1.00 bits per heavy atom. The molecular formula is C14H13NOS. The van der Waals surface area contributed by atoms with Crippen LogP contribution in [0.2, 0.25) is 0 Å². The SMILES string of the molecule is Cc1ccc([S@@](=O)/N=C/c2ccccc2)cc1. The zero-order chi connectivity index (χ0) is 12.1. The van der Waals surface area contributed by atoms with E-state index < -0.39 is 11.0 Å². The Morgan fingerprint density at radius 3 is 2.29 bits per heavy atom. The molecule has 0 saturated heterocycles. The minimum Gasteiger partial charge on any atom is -0.229 e. The molecule has 2 nitrogen and oxygen atoms in total. The lowest BCUT2D eigenvalue weighted by Gasteiger charge is -1.97. The van der Waals surface area contributed by atoms with Crippen LogP contribution in [-0.2, 0) is 11.0 Å². The van der Waals surface area contributed by atoms with E-state index in [0.29, 0.717) is 0 Å². The van der Waals surface area contributed by atoms with Crippen LogP contribution in [0, 0.1) is 6.92 Å². The fourth-order valence-corrected chi connectivity index (χ4v) is 2.07. The van der Waals surface area contributed by atoms with Gasteiger partial charge in [0.2, 0.25) is 0 Å². The molecule has 0 aliphatic heterocycles. The van der Waals surface area contributed by atoms with Crippen molar-refractivity contribution in [1.82, 2.24) is 0 Å². The van der Waals surface area contributed by atoms with Crippen LogP contribution in [0.25, 0.3) is 0 Å². The van der Waals surface area contributed by atoms with Gasteiger partial charge in [-0.1, -0.05) is 48.0 Å². The van der Waals surface area contributed by atoms with Crippen molar-refractivity contribution in [2.45, 2.75) is 11.8 Å². The molecule has 0 N–H and O–H groups in total. The van der Waals surface area contributed by atoms with E-state index in [1.807, 2.05) is 61.5 Å². The van der Waals surface area contributed by atoms with Gasteiger partial charge in [-0.3, -0.25) is 0 Å². The maximum Gasteiger partial charge on any atom is 0.172 e. The van der Waals surface area contributed by atoms with Crippen molar-refractivity contribution < 1.29 is 4.21 Å². The summed E-state index contributed by atoms with van der Waals surface area (Å²) in [6.45, 7) is 2.00. The Morgan fingerprint density at radius 2 is 1.65 bits per heavy atom. The summed E-state index contributed by atoms with van der Waals surface area (Å²) in [6.07, 6.45) is 1.63. The maximum absolute atomic E-state index is 11.8. The third-order valence-corrected chi connectivity index (χ3v) is 3.29. The smallest absolute Gasteiger partial charge is 0.172 e. The number of benzene rings is 2. The minimum absolute atomic E-state index is 0.725. The second kappa shape index (κ2) is 5.55. The molecule has 2 aromatic rings. The van der Waals surface area contributed by atoms with Crippen molar-refractivity contribution in [3.05, 3.63) is 65.7 Å². The summed E-state index contributed by atoms with van der Waals surface area (Å²) in [5.41, 5.74) is 2.10. The first-order valence-electron chi connectivity index (χ1n) is 5.33. The number of hydrogen-bond donors (Lipinski definition) is 0. The standard InChI is InChI=1S/C14H13NOS/c1-12-7-9-14(10-8-12)17(16)15-11-13-5-3-2-4-6-13/h2-11H,1H3/b15-11+/t17-/m1/s1. The van der Waals surface area contributed by atoms with Gasteiger partial charge in [0.25, 0.3) is 0 Å². The first kappa shape index (κ1) is 11.7. The molecule has 2 rings (SSSR count). The van der Waals surface area contributed by atoms with Gasteiger partial charge in [0.05, 0.1) is 4.90 Å². The predicted octanol–water partition coefficient (Wildman–Crippen LogP) is 3.14. The number of hydrogen-bond acceptors (Lipinski definition) is 1. The van der Waals surface area contributed by atoms with E-state index in [4.69, 9.17) is 0 Å². The minimum atomic E-state index is -1.32. The third-order valence-electron chi connectivity index (χ3n) is 2.32. The first-order valence-corrected chi connectivity index (χ1v) is 6.44. The van der Waals surface area contributed by atoms with E-state index in [0.717, 1.165) is 16.0 Å². The second-order valence-corrected chi connectivity index (χ2v) is 4.89. The van der Waals surface area contributed by atoms with E-state index in [9.17, 15) is 4.21 Å². The Kier molecular flexibility index (Phi) is 3.83. The summed E-state index contributed by atoms with van der Waals surface area (Å²) in [5, 5.41) is 0. The molecule has 3 heteroatoms. The van der Waals surface area contributed by atoms with Crippen molar-refractivity contribution in [1.29, 1.82) is 0 Å². The van der Waals surface area contributed by atoms with Crippen LogP contribution >= 0.6 is 0 Å². The van der Waals surface area contributed by atoms with Gasteiger partial charge in [0.15, 0.2) is 11.0 Å². The van der Waals surface area contributed by atoms with Gasteiger partial charge >= 0.3 is 0 Å². The molecule has 0 fully saturated rings. The summed E-state index contributed by atoms with van der Waals surface area (Å²) >= 11 is 0. The lowest BCUT2D eigenvalue weighted by atomic mass is 10.2. The zero-order valence-electron chi connectivity index (χ0n) is 9.54. The van der Waals surface area contributed by atoms with Gasteiger partial charge in [-0.2, -0.15) is 4.40 Å². The largest absolute Gasteiger partial charge is 0.229 e. The monoisotopic (exact) mass is 243 g/mol.